The summed E-state index contributed by atoms with van der Waals surface area (Å²) < 4.78 is 5.05. The highest BCUT2D eigenvalue weighted by atomic mass is 16.5. The lowest BCUT2D eigenvalue weighted by Gasteiger charge is -2.25. The van der Waals surface area contributed by atoms with Gasteiger partial charge in [0.2, 0.25) is 0 Å². The minimum Gasteiger partial charge on any atom is -0.464 e. The van der Waals surface area contributed by atoms with Gasteiger partial charge in [0.1, 0.15) is 6.04 Å². The molecule has 0 radical (unpaired) electrons. The van der Waals surface area contributed by atoms with Gasteiger partial charge in [-0.25, -0.2) is 4.79 Å². The summed E-state index contributed by atoms with van der Waals surface area (Å²) in [6, 6.07) is 8.04. The van der Waals surface area contributed by atoms with E-state index < -0.39 is 0 Å². The third-order valence-electron chi connectivity index (χ3n) is 3.02. The first-order valence-electron chi connectivity index (χ1n) is 5.75. The van der Waals surface area contributed by atoms with E-state index in [0.717, 1.165) is 13.0 Å². The van der Waals surface area contributed by atoms with Crippen LogP contribution in [0.25, 0.3) is 0 Å². The maximum Gasteiger partial charge on any atom is 0.328 e. The van der Waals surface area contributed by atoms with Crippen LogP contribution in [0.4, 0.5) is 5.69 Å². The highest BCUT2D eigenvalue weighted by Gasteiger charge is 2.27. The molecule has 1 aliphatic rings. The number of esters is 1. The summed E-state index contributed by atoms with van der Waals surface area (Å²) in [6.45, 7) is 5.08. The molecule has 0 N–H and O–H groups in total. The number of ether oxygens (including phenoxy) is 1. The van der Waals surface area contributed by atoms with Crippen LogP contribution in [0.3, 0.4) is 0 Å². The Morgan fingerprint density at radius 1 is 1.50 bits per heavy atom. The zero-order chi connectivity index (χ0) is 11.5. The van der Waals surface area contributed by atoms with Crippen LogP contribution in [0.2, 0.25) is 0 Å². The number of carbonyl (C=O) groups is 1. The Hall–Kier alpha value is -1.51. The average molecular weight is 219 g/mol. The van der Waals surface area contributed by atoms with Crippen molar-refractivity contribution in [3.8, 4) is 0 Å². The molecule has 86 valence electrons. The molecule has 0 amide bonds. The summed E-state index contributed by atoms with van der Waals surface area (Å²) in [5, 5.41) is 0. The number of fused-ring (bicyclic) bond motifs is 1. The van der Waals surface area contributed by atoms with E-state index in [1.165, 1.54) is 11.3 Å². The number of para-hydroxylation sites is 1. The first-order chi connectivity index (χ1) is 7.74. The largest absolute Gasteiger partial charge is 0.464 e. The summed E-state index contributed by atoms with van der Waals surface area (Å²) >= 11 is 0. The van der Waals surface area contributed by atoms with Crippen molar-refractivity contribution in [3.05, 3.63) is 29.8 Å². The third kappa shape index (κ3) is 1.90. The van der Waals surface area contributed by atoms with E-state index in [0.29, 0.717) is 6.61 Å². The quantitative estimate of drug-likeness (QED) is 0.728. The van der Waals surface area contributed by atoms with Crippen molar-refractivity contribution in [3.63, 3.8) is 0 Å². The molecule has 0 saturated heterocycles. The van der Waals surface area contributed by atoms with Gasteiger partial charge in [0.25, 0.3) is 0 Å². The van der Waals surface area contributed by atoms with Crippen LogP contribution in [-0.4, -0.2) is 25.2 Å². The smallest absolute Gasteiger partial charge is 0.328 e. The molecule has 0 aliphatic carbocycles. The van der Waals surface area contributed by atoms with Crippen LogP contribution >= 0.6 is 0 Å². The monoisotopic (exact) mass is 219 g/mol. The van der Waals surface area contributed by atoms with Gasteiger partial charge in [-0.15, -0.1) is 0 Å². The number of anilines is 1. The number of hydrogen-bond acceptors (Lipinski definition) is 3. The van der Waals surface area contributed by atoms with Crippen molar-refractivity contribution in [2.24, 2.45) is 0 Å². The van der Waals surface area contributed by atoms with Gasteiger partial charge in [0.05, 0.1) is 6.61 Å². The summed E-state index contributed by atoms with van der Waals surface area (Å²) in [4.78, 5) is 13.8. The summed E-state index contributed by atoms with van der Waals surface area (Å²) in [7, 11) is 0. The molecular formula is C13H17NO2. The molecule has 3 nitrogen and oxygen atoms in total. The molecule has 16 heavy (non-hydrogen) atoms. The van der Waals surface area contributed by atoms with Gasteiger partial charge in [-0.05, 0) is 31.9 Å². The minimum atomic E-state index is -0.191. The number of hydrogen-bond donors (Lipinski definition) is 0. The van der Waals surface area contributed by atoms with E-state index in [1.54, 1.807) is 0 Å². The lowest BCUT2D eigenvalue weighted by molar-refractivity contribution is -0.144. The van der Waals surface area contributed by atoms with Gasteiger partial charge in [-0.3, -0.25) is 0 Å². The van der Waals surface area contributed by atoms with Gasteiger partial charge in [-0.2, -0.15) is 0 Å². The minimum absolute atomic E-state index is 0.140. The molecule has 2 rings (SSSR count). The Kier molecular flexibility index (Phi) is 3.13. The van der Waals surface area contributed by atoms with Crippen molar-refractivity contribution in [2.45, 2.75) is 26.3 Å². The van der Waals surface area contributed by atoms with Crippen molar-refractivity contribution < 1.29 is 9.53 Å². The standard InChI is InChI=1S/C13H17NO2/c1-3-16-13(15)10(2)14-9-8-11-6-4-5-7-12(11)14/h4-7,10H,3,8-9H2,1-2H3. The van der Waals surface area contributed by atoms with E-state index in [-0.39, 0.29) is 12.0 Å². The molecule has 1 unspecified atom stereocenters. The predicted octanol–water partition coefficient (Wildman–Crippen LogP) is 2.00. The van der Waals surface area contributed by atoms with Crippen molar-refractivity contribution in [2.75, 3.05) is 18.1 Å². The Morgan fingerprint density at radius 3 is 3.00 bits per heavy atom. The predicted molar refractivity (Wildman–Crippen MR) is 63.6 cm³/mol. The van der Waals surface area contributed by atoms with Crippen LogP contribution in [0.15, 0.2) is 24.3 Å². The van der Waals surface area contributed by atoms with Crippen LogP contribution in [0.1, 0.15) is 19.4 Å². The highest BCUT2D eigenvalue weighted by molar-refractivity contribution is 5.80. The normalized spacial score (nSPS) is 15.8. The van der Waals surface area contributed by atoms with E-state index >= 15 is 0 Å². The molecule has 1 heterocycles. The Balaban J connectivity index is 2.15. The first kappa shape index (κ1) is 11.0. The fourth-order valence-electron chi connectivity index (χ4n) is 2.16. The first-order valence-corrected chi connectivity index (χ1v) is 5.75. The molecule has 1 aromatic carbocycles. The van der Waals surface area contributed by atoms with E-state index in [2.05, 4.69) is 17.0 Å². The summed E-state index contributed by atoms with van der Waals surface area (Å²) in [5.74, 6) is -0.140. The second-order valence-corrected chi connectivity index (χ2v) is 4.00. The Bertz CT molecular complexity index is 389. The topological polar surface area (TPSA) is 29.5 Å². The Morgan fingerprint density at radius 2 is 2.25 bits per heavy atom. The molecule has 0 bridgehead atoms. The number of rotatable bonds is 3. The third-order valence-corrected chi connectivity index (χ3v) is 3.02. The van der Waals surface area contributed by atoms with Crippen molar-refractivity contribution >= 4 is 11.7 Å². The van der Waals surface area contributed by atoms with E-state index in [1.807, 2.05) is 26.0 Å². The molecule has 1 atom stereocenters. The van der Waals surface area contributed by atoms with E-state index in [9.17, 15) is 4.79 Å². The van der Waals surface area contributed by atoms with Crippen LogP contribution < -0.4 is 4.90 Å². The lowest BCUT2D eigenvalue weighted by Crippen LogP contribution is -2.39. The fraction of sp³-hybridized carbons (Fsp3) is 0.462. The Labute approximate surface area is 96.0 Å². The number of carbonyl (C=O) groups excluding carboxylic acids is 1. The second-order valence-electron chi connectivity index (χ2n) is 4.00. The van der Waals surface area contributed by atoms with Crippen LogP contribution in [0.5, 0.6) is 0 Å². The van der Waals surface area contributed by atoms with Gasteiger partial charge >= 0.3 is 5.97 Å². The number of benzene rings is 1. The van der Waals surface area contributed by atoms with Gasteiger partial charge in [0.15, 0.2) is 0 Å². The van der Waals surface area contributed by atoms with E-state index in [4.69, 9.17) is 4.74 Å². The zero-order valence-corrected chi connectivity index (χ0v) is 9.77. The summed E-state index contributed by atoms with van der Waals surface area (Å²) in [6.07, 6.45) is 1.01. The zero-order valence-electron chi connectivity index (χ0n) is 9.77. The maximum absolute atomic E-state index is 11.7. The van der Waals surface area contributed by atoms with Crippen molar-refractivity contribution in [1.29, 1.82) is 0 Å². The van der Waals surface area contributed by atoms with Crippen LogP contribution in [-0.2, 0) is 16.0 Å². The second kappa shape index (κ2) is 4.56. The van der Waals surface area contributed by atoms with Gasteiger partial charge < -0.3 is 9.64 Å². The molecule has 0 aromatic heterocycles. The molecule has 0 saturated carbocycles. The molecule has 0 fully saturated rings. The van der Waals surface area contributed by atoms with Gasteiger partial charge in [-0.1, -0.05) is 18.2 Å². The highest BCUT2D eigenvalue weighted by Crippen LogP contribution is 2.29. The summed E-state index contributed by atoms with van der Waals surface area (Å²) in [5.41, 5.74) is 2.49. The molecule has 3 heteroatoms. The van der Waals surface area contributed by atoms with Crippen molar-refractivity contribution in [1.82, 2.24) is 0 Å². The number of nitrogens with zero attached hydrogens (tertiary/aromatic N) is 1. The molecule has 1 aliphatic heterocycles. The maximum atomic E-state index is 11.7. The van der Waals surface area contributed by atoms with Crippen LogP contribution in [0, 0.1) is 0 Å². The molecular weight excluding hydrogens is 202 g/mol. The lowest BCUT2D eigenvalue weighted by atomic mass is 10.2. The fourth-order valence-corrected chi connectivity index (χ4v) is 2.16. The molecule has 0 spiro atoms. The average Bonchev–Trinajstić information content (AvgIpc) is 2.72. The SMILES string of the molecule is CCOC(=O)C(C)N1CCc2ccccc21. The van der Waals surface area contributed by atoms with Gasteiger partial charge in [0, 0.05) is 12.2 Å². The molecule has 1 aromatic rings.